The summed E-state index contributed by atoms with van der Waals surface area (Å²) in [7, 11) is 0. The highest BCUT2D eigenvalue weighted by Gasteiger charge is 2.28. The Morgan fingerprint density at radius 1 is 1.44 bits per heavy atom. The number of amides is 1. The highest BCUT2D eigenvalue weighted by Crippen LogP contribution is 2.16. The quantitative estimate of drug-likeness (QED) is 0.826. The molecule has 3 nitrogen and oxygen atoms in total. The Morgan fingerprint density at radius 3 is 2.83 bits per heavy atom. The molecule has 1 fully saturated rings. The number of halogens is 1. The van der Waals surface area contributed by atoms with Gasteiger partial charge in [0.25, 0.3) is 5.91 Å². The molecule has 0 bridgehead atoms. The Kier molecular flexibility index (Phi) is 3.66. The van der Waals surface area contributed by atoms with Crippen molar-refractivity contribution in [3.63, 3.8) is 0 Å². The van der Waals surface area contributed by atoms with Crippen LogP contribution in [0.1, 0.15) is 29.8 Å². The first-order chi connectivity index (χ1) is 8.50. The van der Waals surface area contributed by atoms with Crippen molar-refractivity contribution in [2.45, 2.75) is 32.9 Å². The molecular weight excluding hydrogens is 231 g/mol. The van der Waals surface area contributed by atoms with E-state index in [2.05, 4.69) is 12.2 Å². The fourth-order valence-electron chi connectivity index (χ4n) is 2.29. The smallest absolute Gasteiger partial charge is 0.254 e. The van der Waals surface area contributed by atoms with Crippen LogP contribution in [-0.2, 0) is 0 Å². The summed E-state index contributed by atoms with van der Waals surface area (Å²) in [6.45, 7) is 7.28. The summed E-state index contributed by atoms with van der Waals surface area (Å²) in [6, 6.07) is 4.97. The molecule has 0 saturated carbocycles. The third-order valence-corrected chi connectivity index (χ3v) is 3.70. The van der Waals surface area contributed by atoms with Gasteiger partial charge in [-0.15, -0.1) is 0 Å². The van der Waals surface area contributed by atoms with Crippen molar-refractivity contribution in [3.8, 4) is 0 Å². The van der Waals surface area contributed by atoms with E-state index in [4.69, 9.17) is 0 Å². The molecule has 0 aromatic heterocycles. The number of carbonyl (C=O) groups is 1. The van der Waals surface area contributed by atoms with E-state index in [1.807, 2.05) is 11.8 Å². The van der Waals surface area contributed by atoms with Crippen LogP contribution in [0.15, 0.2) is 18.2 Å². The van der Waals surface area contributed by atoms with Crippen molar-refractivity contribution in [1.82, 2.24) is 10.2 Å². The van der Waals surface area contributed by atoms with Crippen LogP contribution >= 0.6 is 0 Å². The molecule has 1 aromatic carbocycles. The number of nitrogens with zero attached hydrogens (tertiary/aromatic N) is 1. The molecule has 4 heteroatoms. The number of piperazine rings is 1. The minimum atomic E-state index is -0.270. The van der Waals surface area contributed by atoms with Crippen molar-refractivity contribution < 1.29 is 9.18 Å². The average Bonchev–Trinajstić information content (AvgIpc) is 2.35. The van der Waals surface area contributed by atoms with E-state index >= 15 is 0 Å². The zero-order valence-corrected chi connectivity index (χ0v) is 11.0. The molecule has 0 radical (unpaired) electrons. The van der Waals surface area contributed by atoms with Crippen molar-refractivity contribution in [2.75, 3.05) is 13.1 Å². The standard InChI is InChI=1S/C14H19FN2O/c1-9-8-12(4-5-13(9)15)14(18)17-7-6-16-10(2)11(17)3/h4-5,8,10-11,16H,6-7H2,1-3H3. The summed E-state index contributed by atoms with van der Waals surface area (Å²) >= 11 is 0. The summed E-state index contributed by atoms with van der Waals surface area (Å²) in [5, 5.41) is 3.33. The molecule has 1 aromatic rings. The van der Waals surface area contributed by atoms with Gasteiger partial charge in [-0.3, -0.25) is 4.79 Å². The second-order valence-electron chi connectivity index (χ2n) is 4.95. The first kappa shape index (κ1) is 13.0. The fraction of sp³-hybridized carbons (Fsp3) is 0.500. The summed E-state index contributed by atoms with van der Waals surface area (Å²) < 4.78 is 13.2. The number of carbonyl (C=O) groups excluding carboxylic acids is 1. The van der Waals surface area contributed by atoms with Crippen molar-refractivity contribution >= 4 is 5.91 Å². The average molecular weight is 250 g/mol. The van der Waals surface area contributed by atoms with Gasteiger partial charge in [-0.2, -0.15) is 0 Å². The van der Waals surface area contributed by atoms with Crippen molar-refractivity contribution in [3.05, 3.63) is 35.1 Å². The number of benzene rings is 1. The second-order valence-corrected chi connectivity index (χ2v) is 4.95. The highest BCUT2D eigenvalue weighted by molar-refractivity contribution is 5.94. The molecule has 0 aliphatic carbocycles. The van der Waals surface area contributed by atoms with Crippen LogP contribution in [0.4, 0.5) is 4.39 Å². The Balaban J connectivity index is 2.22. The SMILES string of the molecule is Cc1cc(C(=O)N2CCNC(C)C2C)ccc1F. The van der Waals surface area contributed by atoms with Gasteiger partial charge in [0.1, 0.15) is 5.82 Å². The molecule has 1 saturated heterocycles. The van der Waals surface area contributed by atoms with E-state index in [1.54, 1.807) is 19.1 Å². The van der Waals surface area contributed by atoms with E-state index < -0.39 is 0 Å². The minimum Gasteiger partial charge on any atom is -0.333 e. The van der Waals surface area contributed by atoms with E-state index in [0.717, 1.165) is 6.54 Å². The fourth-order valence-corrected chi connectivity index (χ4v) is 2.29. The van der Waals surface area contributed by atoms with Crippen molar-refractivity contribution in [2.24, 2.45) is 0 Å². The number of nitrogens with one attached hydrogen (secondary N) is 1. The van der Waals surface area contributed by atoms with Gasteiger partial charge in [-0.25, -0.2) is 4.39 Å². The van der Waals surface area contributed by atoms with Crippen LogP contribution in [0.2, 0.25) is 0 Å². The van der Waals surface area contributed by atoms with Crippen LogP contribution < -0.4 is 5.32 Å². The van der Waals surface area contributed by atoms with Crippen LogP contribution in [-0.4, -0.2) is 36.0 Å². The molecule has 1 amide bonds. The number of aryl methyl sites for hydroxylation is 1. The molecule has 2 atom stereocenters. The van der Waals surface area contributed by atoms with Crippen LogP contribution in [0.5, 0.6) is 0 Å². The van der Waals surface area contributed by atoms with Gasteiger partial charge in [0.2, 0.25) is 0 Å². The lowest BCUT2D eigenvalue weighted by atomic mass is 10.0. The molecule has 18 heavy (non-hydrogen) atoms. The Labute approximate surface area is 107 Å². The Morgan fingerprint density at radius 2 is 2.17 bits per heavy atom. The van der Waals surface area contributed by atoms with Crippen LogP contribution in [0.25, 0.3) is 0 Å². The van der Waals surface area contributed by atoms with Gasteiger partial charge in [-0.1, -0.05) is 0 Å². The zero-order valence-electron chi connectivity index (χ0n) is 11.0. The van der Waals surface area contributed by atoms with Crippen LogP contribution in [0, 0.1) is 12.7 Å². The molecule has 1 heterocycles. The largest absolute Gasteiger partial charge is 0.333 e. The maximum Gasteiger partial charge on any atom is 0.254 e. The number of hydrogen-bond acceptors (Lipinski definition) is 2. The maximum absolute atomic E-state index is 13.2. The van der Waals surface area contributed by atoms with E-state index in [-0.39, 0.29) is 23.8 Å². The summed E-state index contributed by atoms with van der Waals surface area (Å²) in [5.41, 5.74) is 1.08. The molecule has 2 rings (SSSR count). The van der Waals surface area contributed by atoms with E-state index in [0.29, 0.717) is 17.7 Å². The van der Waals surface area contributed by atoms with Gasteiger partial charge >= 0.3 is 0 Å². The monoisotopic (exact) mass is 250 g/mol. The third-order valence-electron chi connectivity index (χ3n) is 3.70. The van der Waals surface area contributed by atoms with Gasteiger partial charge in [0.05, 0.1) is 0 Å². The Hall–Kier alpha value is -1.42. The molecule has 2 unspecified atom stereocenters. The molecular formula is C14H19FN2O. The van der Waals surface area contributed by atoms with Crippen LogP contribution in [0.3, 0.4) is 0 Å². The molecule has 1 aliphatic heterocycles. The zero-order chi connectivity index (χ0) is 13.3. The lowest BCUT2D eigenvalue weighted by Gasteiger charge is -2.38. The number of rotatable bonds is 1. The van der Waals surface area contributed by atoms with Gasteiger partial charge < -0.3 is 10.2 Å². The first-order valence-electron chi connectivity index (χ1n) is 6.31. The lowest BCUT2D eigenvalue weighted by molar-refractivity contribution is 0.0603. The van der Waals surface area contributed by atoms with E-state index in [9.17, 15) is 9.18 Å². The van der Waals surface area contributed by atoms with Gasteiger partial charge in [0.15, 0.2) is 0 Å². The highest BCUT2D eigenvalue weighted by atomic mass is 19.1. The minimum absolute atomic E-state index is 0.0149. The van der Waals surface area contributed by atoms with Gasteiger partial charge in [0, 0.05) is 30.7 Å². The Bertz CT molecular complexity index is 461. The summed E-state index contributed by atoms with van der Waals surface area (Å²) in [6.07, 6.45) is 0. The third kappa shape index (κ3) is 2.38. The predicted octanol–water partition coefficient (Wildman–Crippen LogP) is 1.96. The number of hydrogen-bond donors (Lipinski definition) is 1. The summed E-state index contributed by atoms with van der Waals surface area (Å²) in [5.74, 6) is -0.285. The maximum atomic E-state index is 13.2. The second kappa shape index (κ2) is 5.06. The first-order valence-corrected chi connectivity index (χ1v) is 6.31. The topological polar surface area (TPSA) is 32.3 Å². The lowest BCUT2D eigenvalue weighted by Crippen LogP contribution is -2.57. The molecule has 98 valence electrons. The predicted molar refractivity (Wildman–Crippen MR) is 69.1 cm³/mol. The molecule has 1 aliphatic rings. The van der Waals surface area contributed by atoms with Gasteiger partial charge in [-0.05, 0) is 44.5 Å². The summed E-state index contributed by atoms with van der Waals surface area (Å²) in [4.78, 5) is 14.2. The molecule has 0 spiro atoms. The van der Waals surface area contributed by atoms with E-state index in [1.165, 1.54) is 6.07 Å². The molecule has 1 N–H and O–H groups in total. The van der Waals surface area contributed by atoms with Crippen molar-refractivity contribution in [1.29, 1.82) is 0 Å². The normalized spacial score (nSPS) is 24.1.